The van der Waals surface area contributed by atoms with Crippen molar-refractivity contribution in [3.63, 3.8) is 0 Å². The van der Waals surface area contributed by atoms with Gasteiger partial charge in [0.15, 0.2) is 0 Å². The van der Waals surface area contributed by atoms with E-state index in [-0.39, 0.29) is 12.0 Å². The molecule has 138 valence electrons. The van der Waals surface area contributed by atoms with Crippen molar-refractivity contribution in [2.45, 2.75) is 56.8 Å². The topological polar surface area (TPSA) is 59.0 Å². The lowest BCUT2D eigenvalue weighted by Gasteiger charge is -2.45. The van der Waals surface area contributed by atoms with E-state index in [1.165, 1.54) is 0 Å². The summed E-state index contributed by atoms with van der Waals surface area (Å²) in [6.07, 6.45) is 2.74. The Morgan fingerprint density at radius 2 is 2.16 bits per heavy atom. The Morgan fingerprint density at radius 3 is 2.80 bits per heavy atom. The van der Waals surface area contributed by atoms with Crippen LogP contribution in [0.1, 0.15) is 38.7 Å². The van der Waals surface area contributed by atoms with Gasteiger partial charge in [-0.05, 0) is 31.7 Å². The highest BCUT2D eigenvalue weighted by Crippen LogP contribution is 2.32. The number of amides is 1. The van der Waals surface area contributed by atoms with Crippen LogP contribution in [0, 0.1) is 0 Å². The van der Waals surface area contributed by atoms with Crippen LogP contribution in [0.5, 0.6) is 0 Å². The van der Waals surface area contributed by atoms with E-state index in [0.717, 1.165) is 18.4 Å². The number of hydrogen-bond donors (Lipinski definition) is 1. The number of aliphatic hydroxyl groups is 1. The van der Waals surface area contributed by atoms with Gasteiger partial charge in [-0.25, -0.2) is 0 Å². The van der Waals surface area contributed by atoms with Gasteiger partial charge < -0.3 is 19.5 Å². The van der Waals surface area contributed by atoms with Crippen molar-refractivity contribution in [3.05, 3.63) is 35.9 Å². The first-order valence-corrected chi connectivity index (χ1v) is 9.25. The van der Waals surface area contributed by atoms with Crippen molar-refractivity contribution < 1.29 is 19.4 Å². The highest BCUT2D eigenvalue weighted by atomic mass is 16.6. The fourth-order valence-electron chi connectivity index (χ4n) is 3.74. The fourth-order valence-corrected chi connectivity index (χ4v) is 3.74. The molecule has 0 unspecified atom stereocenters. The van der Waals surface area contributed by atoms with Crippen LogP contribution in [0.2, 0.25) is 0 Å². The first-order chi connectivity index (χ1) is 11.9. The highest BCUT2D eigenvalue weighted by Gasteiger charge is 2.47. The summed E-state index contributed by atoms with van der Waals surface area (Å²) in [4.78, 5) is 14.8. The van der Waals surface area contributed by atoms with E-state index < -0.39 is 11.2 Å². The summed E-state index contributed by atoms with van der Waals surface area (Å²) in [7, 11) is 0. The number of nitrogens with zero attached hydrogens (tertiary/aromatic N) is 1. The number of ether oxygens (including phenoxy) is 2. The van der Waals surface area contributed by atoms with Gasteiger partial charge in [0.2, 0.25) is 0 Å². The molecular formula is C20H29NO4. The van der Waals surface area contributed by atoms with Gasteiger partial charge in [0.1, 0.15) is 11.2 Å². The molecule has 5 heteroatoms. The molecular weight excluding hydrogens is 318 g/mol. The zero-order valence-corrected chi connectivity index (χ0v) is 15.2. The summed E-state index contributed by atoms with van der Waals surface area (Å²) in [5.74, 6) is -0.198. The molecule has 0 radical (unpaired) electrons. The number of carbonyl (C=O) groups excluding carboxylic acids is 1. The van der Waals surface area contributed by atoms with Crippen LogP contribution >= 0.6 is 0 Å². The fraction of sp³-hybridized carbons (Fsp3) is 0.650. The molecule has 0 bridgehead atoms. The standard InChI is InChI=1S/C20H29NO4/c1-3-17-13-21(14-20(25-17)11-12-24-15-20)18(22)19(2,23)10-9-16-7-5-4-6-8-16/h4-8,17,23H,3,9-15H2,1-2H3/t17-,19-,20+/m1/s1. The summed E-state index contributed by atoms with van der Waals surface area (Å²) in [6.45, 7) is 5.94. The van der Waals surface area contributed by atoms with Gasteiger partial charge in [-0.1, -0.05) is 37.3 Å². The molecule has 1 N–H and O–H groups in total. The third-order valence-corrected chi connectivity index (χ3v) is 5.33. The second-order valence-corrected chi connectivity index (χ2v) is 7.58. The highest BCUT2D eigenvalue weighted by molar-refractivity contribution is 5.84. The van der Waals surface area contributed by atoms with Crippen LogP contribution in [0.25, 0.3) is 0 Å². The van der Waals surface area contributed by atoms with Gasteiger partial charge >= 0.3 is 0 Å². The average Bonchev–Trinajstić information content (AvgIpc) is 3.07. The molecule has 0 aromatic heterocycles. The SMILES string of the molecule is CC[C@@H]1CN(C(=O)[C@](C)(O)CCc2ccccc2)C[C@]2(CCOC2)O1. The molecule has 2 aliphatic rings. The third-order valence-electron chi connectivity index (χ3n) is 5.33. The Balaban J connectivity index is 1.67. The quantitative estimate of drug-likeness (QED) is 0.887. The molecule has 2 heterocycles. The molecule has 2 aliphatic heterocycles. The van der Waals surface area contributed by atoms with Gasteiger partial charge in [-0.15, -0.1) is 0 Å². The number of carbonyl (C=O) groups is 1. The van der Waals surface area contributed by atoms with Gasteiger partial charge in [0.05, 0.1) is 19.3 Å². The van der Waals surface area contributed by atoms with E-state index in [9.17, 15) is 9.90 Å². The van der Waals surface area contributed by atoms with Gasteiger partial charge in [-0.3, -0.25) is 4.79 Å². The number of rotatable bonds is 5. The maximum Gasteiger partial charge on any atom is 0.254 e. The van der Waals surface area contributed by atoms with Crippen LogP contribution in [0.15, 0.2) is 30.3 Å². The Bertz CT molecular complexity index is 581. The number of morpholine rings is 1. The van der Waals surface area contributed by atoms with E-state index in [1.54, 1.807) is 11.8 Å². The number of aryl methyl sites for hydroxylation is 1. The first kappa shape index (κ1) is 18.4. The van der Waals surface area contributed by atoms with E-state index in [1.807, 2.05) is 30.3 Å². The molecule has 3 rings (SSSR count). The van der Waals surface area contributed by atoms with E-state index in [0.29, 0.717) is 39.1 Å². The molecule has 1 aromatic rings. The predicted molar refractivity (Wildman–Crippen MR) is 95.3 cm³/mol. The minimum absolute atomic E-state index is 0.00400. The lowest BCUT2D eigenvalue weighted by Crippen LogP contribution is -2.61. The van der Waals surface area contributed by atoms with Crippen LogP contribution in [0.3, 0.4) is 0 Å². The van der Waals surface area contributed by atoms with Crippen LogP contribution in [-0.2, 0) is 20.7 Å². The second-order valence-electron chi connectivity index (χ2n) is 7.58. The smallest absolute Gasteiger partial charge is 0.254 e. The minimum Gasteiger partial charge on any atom is -0.380 e. The zero-order chi connectivity index (χ0) is 17.9. The Labute approximate surface area is 149 Å². The van der Waals surface area contributed by atoms with Crippen LogP contribution < -0.4 is 0 Å². The van der Waals surface area contributed by atoms with Crippen molar-refractivity contribution in [1.82, 2.24) is 4.90 Å². The molecule has 1 amide bonds. The summed E-state index contributed by atoms with van der Waals surface area (Å²) in [6, 6.07) is 9.96. The van der Waals surface area contributed by atoms with Crippen molar-refractivity contribution >= 4 is 5.91 Å². The van der Waals surface area contributed by atoms with E-state index >= 15 is 0 Å². The average molecular weight is 347 g/mol. The molecule has 2 fully saturated rings. The monoisotopic (exact) mass is 347 g/mol. The molecule has 5 nitrogen and oxygen atoms in total. The van der Waals surface area contributed by atoms with Gasteiger partial charge in [-0.2, -0.15) is 0 Å². The van der Waals surface area contributed by atoms with Crippen molar-refractivity contribution in [2.75, 3.05) is 26.3 Å². The number of hydrogen-bond acceptors (Lipinski definition) is 4. The van der Waals surface area contributed by atoms with Crippen molar-refractivity contribution in [3.8, 4) is 0 Å². The summed E-state index contributed by atoms with van der Waals surface area (Å²) < 4.78 is 11.7. The molecule has 1 spiro atoms. The number of benzene rings is 1. The lowest BCUT2D eigenvalue weighted by molar-refractivity contribution is -0.182. The molecule has 25 heavy (non-hydrogen) atoms. The predicted octanol–water partition coefficient (Wildman–Crippen LogP) is 2.17. The normalized spacial score (nSPS) is 28.9. The Hall–Kier alpha value is -1.43. The van der Waals surface area contributed by atoms with E-state index in [4.69, 9.17) is 9.47 Å². The van der Waals surface area contributed by atoms with Gasteiger partial charge in [0, 0.05) is 19.6 Å². The Morgan fingerprint density at radius 1 is 1.40 bits per heavy atom. The molecule has 3 atom stereocenters. The van der Waals surface area contributed by atoms with Crippen molar-refractivity contribution in [1.29, 1.82) is 0 Å². The molecule has 0 saturated carbocycles. The summed E-state index contributed by atoms with van der Waals surface area (Å²) >= 11 is 0. The van der Waals surface area contributed by atoms with E-state index in [2.05, 4.69) is 6.92 Å². The maximum atomic E-state index is 13.0. The molecule has 2 saturated heterocycles. The van der Waals surface area contributed by atoms with Crippen molar-refractivity contribution in [2.24, 2.45) is 0 Å². The van der Waals surface area contributed by atoms with Gasteiger partial charge in [0.25, 0.3) is 5.91 Å². The summed E-state index contributed by atoms with van der Waals surface area (Å²) in [5.41, 5.74) is -0.638. The van der Waals surface area contributed by atoms with Crippen LogP contribution in [0.4, 0.5) is 0 Å². The largest absolute Gasteiger partial charge is 0.380 e. The maximum absolute atomic E-state index is 13.0. The zero-order valence-electron chi connectivity index (χ0n) is 15.2. The first-order valence-electron chi connectivity index (χ1n) is 9.25. The lowest BCUT2D eigenvalue weighted by atomic mass is 9.92. The van der Waals surface area contributed by atoms with Crippen LogP contribution in [-0.4, -0.2) is 59.5 Å². The summed E-state index contributed by atoms with van der Waals surface area (Å²) in [5, 5.41) is 10.8. The Kier molecular flexibility index (Phi) is 5.46. The second kappa shape index (κ2) is 7.44. The third kappa shape index (κ3) is 4.22. The minimum atomic E-state index is -1.37. The molecule has 1 aromatic carbocycles. The molecule has 0 aliphatic carbocycles.